The Labute approximate surface area is 203 Å². The van der Waals surface area contributed by atoms with Crippen molar-refractivity contribution in [1.82, 2.24) is 0 Å². The number of hydrogen-bond donors (Lipinski definition) is 0. The van der Waals surface area contributed by atoms with Crippen LogP contribution in [0.4, 0.5) is 8.78 Å². The first-order chi connectivity index (χ1) is 16.6. The lowest BCUT2D eigenvalue weighted by Gasteiger charge is -2.04. The third kappa shape index (κ3) is 7.90. The fraction of sp³-hybridized carbons (Fsp3) is 0.312. The van der Waals surface area contributed by atoms with Gasteiger partial charge in [-0.3, -0.25) is 0 Å². The van der Waals surface area contributed by atoms with Crippen molar-refractivity contribution in [3.8, 4) is 23.7 Å². The quantitative estimate of drug-likeness (QED) is 0.237. The van der Waals surface area contributed by atoms with Gasteiger partial charge in [0, 0.05) is 22.3 Å². The molecule has 0 amide bonds. The van der Waals surface area contributed by atoms with Crippen molar-refractivity contribution in [3.63, 3.8) is 0 Å². The maximum Gasteiger partial charge on any atom is 0.127 e. The predicted molar refractivity (Wildman–Crippen MR) is 138 cm³/mol. The van der Waals surface area contributed by atoms with Gasteiger partial charge in [-0.15, -0.1) is 0 Å². The molecule has 0 aromatic heterocycles. The van der Waals surface area contributed by atoms with Gasteiger partial charge in [0.15, 0.2) is 0 Å². The molecule has 0 spiro atoms. The second-order valence-electron chi connectivity index (χ2n) is 8.60. The first-order valence-electron chi connectivity index (χ1n) is 12.3. The van der Waals surface area contributed by atoms with Gasteiger partial charge in [0.05, 0.1) is 0 Å². The van der Waals surface area contributed by atoms with Gasteiger partial charge in [0.1, 0.15) is 11.6 Å². The molecule has 0 bridgehead atoms. The molecule has 0 unspecified atom stereocenters. The number of halogens is 2. The summed E-state index contributed by atoms with van der Waals surface area (Å²) in [5.74, 6) is 11.8. The van der Waals surface area contributed by atoms with Gasteiger partial charge in [-0.25, -0.2) is 8.78 Å². The van der Waals surface area contributed by atoms with Crippen LogP contribution < -0.4 is 0 Å². The zero-order valence-corrected chi connectivity index (χ0v) is 20.2. The van der Waals surface area contributed by atoms with E-state index in [4.69, 9.17) is 0 Å². The Balaban J connectivity index is 1.60. The Bertz CT molecular complexity index is 1200. The first-order valence-corrected chi connectivity index (χ1v) is 12.3. The molecule has 0 N–H and O–H groups in total. The van der Waals surface area contributed by atoms with E-state index in [9.17, 15) is 8.78 Å². The van der Waals surface area contributed by atoms with Gasteiger partial charge in [-0.2, -0.15) is 0 Å². The standard InChI is InChI=1S/C32H32F2/c1-3-5-6-7-8-10-30-22-20-28(24-32(30)34)18-16-26-13-11-25(12-14-26)15-17-27-19-21-29(9-4-2)31(33)23-27/h11-14,19-24H,3-10H2,1-2H3. The van der Waals surface area contributed by atoms with E-state index in [1.807, 2.05) is 55.5 Å². The van der Waals surface area contributed by atoms with Gasteiger partial charge in [0.2, 0.25) is 0 Å². The summed E-state index contributed by atoms with van der Waals surface area (Å²) >= 11 is 0. The van der Waals surface area contributed by atoms with Crippen molar-refractivity contribution in [3.05, 3.63) is 106 Å². The van der Waals surface area contributed by atoms with E-state index in [2.05, 4.69) is 30.6 Å². The molecule has 0 saturated heterocycles. The normalized spacial score (nSPS) is 10.2. The Morgan fingerprint density at radius 1 is 0.500 bits per heavy atom. The van der Waals surface area contributed by atoms with Crippen LogP contribution in [0.1, 0.15) is 85.8 Å². The fourth-order valence-corrected chi connectivity index (χ4v) is 3.77. The van der Waals surface area contributed by atoms with Crippen molar-refractivity contribution in [2.24, 2.45) is 0 Å². The Morgan fingerprint density at radius 2 is 0.941 bits per heavy atom. The molecule has 34 heavy (non-hydrogen) atoms. The molecule has 174 valence electrons. The minimum atomic E-state index is -0.198. The smallest absolute Gasteiger partial charge is 0.127 e. The molecule has 2 heteroatoms. The van der Waals surface area contributed by atoms with Crippen LogP contribution in [0.2, 0.25) is 0 Å². The molecule has 0 heterocycles. The zero-order valence-electron chi connectivity index (χ0n) is 20.2. The summed E-state index contributed by atoms with van der Waals surface area (Å²) < 4.78 is 28.5. The van der Waals surface area contributed by atoms with Crippen molar-refractivity contribution < 1.29 is 8.78 Å². The predicted octanol–water partition coefficient (Wildman–Crippen LogP) is 8.23. The van der Waals surface area contributed by atoms with E-state index in [0.29, 0.717) is 11.1 Å². The van der Waals surface area contributed by atoms with Gasteiger partial charge < -0.3 is 0 Å². The van der Waals surface area contributed by atoms with Crippen LogP contribution in [-0.2, 0) is 12.8 Å². The third-order valence-electron chi connectivity index (χ3n) is 5.76. The second kappa shape index (κ2) is 13.4. The molecule has 0 saturated carbocycles. The van der Waals surface area contributed by atoms with Crippen LogP contribution in [0.25, 0.3) is 0 Å². The lowest BCUT2D eigenvalue weighted by atomic mass is 10.0. The average Bonchev–Trinajstić information content (AvgIpc) is 2.84. The van der Waals surface area contributed by atoms with Crippen LogP contribution >= 0.6 is 0 Å². The molecular weight excluding hydrogens is 422 g/mol. The lowest BCUT2D eigenvalue weighted by Crippen LogP contribution is -1.92. The molecule has 3 rings (SSSR count). The lowest BCUT2D eigenvalue weighted by molar-refractivity contribution is 0.587. The summed E-state index contributed by atoms with van der Waals surface area (Å²) in [6, 6.07) is 18.0. The maximum atomic E-state index is 14.4. The van der Waals surface area contributed by atoms with E-state index in [1.54, 1.807) is 0 Å². The van der Waals surface area contributed by atoms with E-state index >= 15 is 0 Å². The Morgan fingerprint density at radius 3 is 1.41 bits per heavy atom. The summed E-state index contributed by atoms with van der Waals surface area (Å²) in [5.41, 5.74) is 4.49. The third-order valence-corrected chi connectivity index (χ3v) is 5.76. The molecule has 0 radical (unpaired) electrons. The van der Waals surface area contributed by atoms with Crippen molar-refractivity contribution in [1.29, 1.82) is 0 Å². The minimum absolute atomic E-state index is 0.174. The molecule has 0 aliphatic heterocycles. The van der Waals surface area contributed by atoms with E-state index in [-0.39, 0.29) is 11.6 Å². The number of benzene rings is 3. The summed E-state index contributed by atoms with van der Waals surface area (Å²) in [6.45, 7) is 4.23. The average molecular weight is 455 g/mol. The highest BCUT2D eigenvalue weighted by Gasteiger charge is 2.03. The molecule has 0 atom stereocenters. The first kappa shape index (κ1) is 25.3. The number of unbranched alkanes of at least 4 members (excludes halogenated alkanes) is 4. The van der Waals surface area contributed by atoms with Gasteiger partial charge >= 0.3 is 0 Å². The van der Waals surface area contributed by atoms with Crippen LogP contribution in [0.5, 0.6) is 0 Å². The van der Waals surface area contributed by atoms with Crippen LogP contribution in [0.3, 0.4) is 0 Å². The minimum Gasteiger partial charge on any atom is -0.207 e. The molecular formula is C32H32F2. The Hall–Kier alpha value is -3.36. The largest absolute Gasteiger partial charge is 0.207 e. The maximum absolute atomic E-state index is 14.4. The molecule has 0 nitrogen and oxygen atoms in total. The van der Waals surface area contributed by atoms with E-state index in [1.165, 1.54) is 31.4 Å². The highest BCUT2D eigenvalue weighted by atomic mass is 19.1. The number of rotatable bonds is 8. The summed E-state index contributed by atoms with van der Waals surface area (Å²) in [5, 5.41) is 0. The van der Waals surface area contributed by atoms with Crippen LogP contribution in [-0.4, -0.2) is 0 Å². The number of hydrogen-bond acceptors (Lipinski definition) is 0. The topological polar surface area (TPSA) is 0 Å². The molecule has 3 aromatic rings. The van der Waals surface area contributed by atoms with Crippen molar-refractivity contribution in [2.45, 2.75) is 65.2 Å². The van der Waals surface area contributed by atoms with Crippen LogP contribution in [0.15, 0.2) is 60.7 Å². The zero-order chi connectivity index (χ0) is 24.2. The van der Waals surface area contributed by atoms with Crippen LogP contribution in [0, 0.1) is 35.3 Å². The molecule has 3 aromatic carbocycles. The summed E-state index contributed by atoms with van der Waals surface area (Å²) in [4.78, 5) is 0. The summed E-state index contributed by atoms with van der Waals surface area (Å²) in [7, 11) is 0. The van der Waals surface area contributed by atoms with Gasteiger partial charge in [-0.1, -0.05) is 81.8 Å². The van der Waals surface area contributed by atoms with Gasteiger partial charge in [-0.05, 0) is 78.9 Å². The SMILES string of the molecule is CCCCCCCc1ccc(C#Cc2ccc(C#Cc3ccc(CCC)c(F)c3)cc2)cc1F. The Kier molecular flexibility index (Phi) is 9.94. The molecule has 0 fully saturated rings. The van der Waals surface area contributed by atoms with Crippen molar-refractivity contribution in [2.75, 3.05) is 0 Å². The molecule has 0 aliphatic rings. The molecule has 0 aliphatic carbocycles. The summed E-state index contributed by atoms with van der Waals surface area (Å²) in [6.07, 6.45) is 8.28. The van der Waals surface area contributed by atoms with Gasteiger partial charge in [0.25, 0.3) is 0 Å². The van der Waals surface area contributed by atoms with E-state index in [0.717, 1.165) is 54.4 Å². The number of aryl methyl sites for hydroxylation is 2. The monoisotopic (exact) mass is 454 g/mol. The van der Waals surface area contributed by atoms with E-state index < -0.39 is 0 Å². The second-order valence-corrected chi connectivity index (χ2v) is 8.60. The fourth-order valence-electron chi connectivity index (χ4n) is 3.77. The highest BCUT2D eigenvalue weighted by Crippen LogP contribution is 2.15. The van der Waals surface area contributed by atoms with Crippen molar-refractivity contribution >= 4 is 0 Å². The highest BCUT2D eigenvalue weighted by molar-refractivity contribution is 5.48.